The standard InChI is InChI=1S/C17H12Cl2N2O2/c18-12-6-7-13(15(19)8-12)16(22)14(9-20)17(23)21-10-11-4-2-1-3-5-11/h1-8,14H,10H2,(H,21,23). The highest BCUT2D eigenvalue weighted by molar-refractivity contribution is 6.37. The van der Waals surface area contributed by atoms with Crippen molar-refractivity contribution in [2.75, 3.05) is 0 Å². The van der Waals surface area contributed by atoms with Crippen LogP contribution in [0.5, 0.6) is 0 Å². The average molecular weight is 347 g/mol. The molecule has 0 fully saturated rings. The number of ketones is 1. The Morgan fingerprint density at radius 3 is 2.43 bits per heavy atom. The van der Waals surface area contributed by atoms with Gasteiger partial charge in [0.05, 0.1) is 11.1 Å². The van der Waals surface area contributed by atoms with Crippen LogP contribution in [-0.4, -0.2) is 11.7 Å². The molecule has 1 N–H and O–H groups in total. The Labute approximate surface area is 143 Å². The molecule has 0 aliphatic carbocycles. The molecule has 0 spiro atoms. The predicted octanol–water partition coefficient (Wildman–Crippen LogP) is 3.63. The van der Waals surface area contributed by atoms with E-state index in [1.807, 2.05) is 30.3 Å². The molecule has 23 heavy (non-hydrogen) atoms. The first-order valence-corrected chi connectivity index (χ1v) is 7.49. The van der Waals surface area contributed by atoms with Gasteiger partial charge in [-0.15, -0.1) is 0 Å². The number of hydrogen-bond acceptors (Lipinski definition) is 3. The Morgan fingerprint density at radius 1 is 1.13 bits per heavy atom. The van der Waals surface area contributed by atoms with E-state index in [1.54, 1.807) is 6.07 Å². The van der Waals surface area contributed by atoms with Gasteiger partial charge in [0, 0.05) is 17.1 Å². The number of nitriles is 1. The number of hydrogen-bond donors (Lipinski definition) is 1. The molecule has 6 heteroatoms. The minimum atomic E-state index is -1.46. The summed E-state index contributed by atoms with van der Waals surface area (Å²) in [5.41, 5.74) is 0.965. The van der Waals surface area contributed by atoms with Crippen LogP contribution in [0.2, 0.25) is 10.0 Å². The minimum absolute atomic E-state index is 0.0949. The zero-order valence-electron chi connectivity index (χ0n) is 11.9. The Morgan fingerprint density at radius 2 is 1.83 bits per heavy atom. The number of amides is 1. The van der Waals surface area contributed by atoms with Crippen LogP contribution in [0.3, 0.4) is 0 Å². The Balaban J connectivity index is 2.10. The van der Waals surface area contributed by atoms with Gasteiger partial charge in [-0.3, -0.25) is 9.59 Å². The molecule has 2 aromatic carbocycles. The third-order valence-electron chi connectivity index (χ3n) is 3.16. The van der Waals surface area contributed by atoms with Crippen molar-refractivity contribution in [3.8, 4) is 6.07 Å². The van der Waals surface area contributed by atoms with Gasteiger partial charge in [0.15, 0.2) is 11.7 Å². The SMILES string of the molecule is N#CC(C(=O)NCc1ccccc1)C(=O)c1ccc(Cl)cc1Cl. The van der Waals surface area contributed by atoms with E-state index < -0.39 is 17.6 Å². The van der Waals surface area contributed by atoms with Crippen molar-refractivity contribution >= 4 is 34.9 Å². The molecule has 0 saturated heterocycles. The van der Waals surface area contributed by atoms with E-state index in [0.717, 1.165) is 5.56 Å². The number of nitrogens with zero attached hydrogens (tertiary/aromatic N) is 1. The molecule has 2 aromatic rings. The van der Waals surface area contributed by atoms with E-state index >= 15 is 0 Å². The molecular weight excluding hydrogens is 335 g/mol. The van der Waals surface area contributed by atoms with Gasteiger partial charge in [-0.1, -0.05) is 53.5 Å². The lowest BCUT2D eigenvalue weighted by Gasteiger charge is -2.11. The summed E-state index contributed by atoms with van der Waals surface area (Å²) in [4.78, 5) is 24.5. The molecule has 2 rings (SSSR count). The van der Waals surface area contributed by atoms with Gasteiger partial charge < -0.3 is 5.32 Å². The Bertz CT molecular complexity index is 770. The van der Waals surface area contributed by atoms with Crippen LogP contribution in [0.1, 0.15) is 15.9 Å². The molecule has 1 amide bonds. The van der Waals surface area contributed by atoms with E-state index in [-0.39, 0.29) is 17.1 Å². The van der Waals surface area contributed by atoms with Crippen molar-refractivity contribution in [2.45, 2.75) is 6.54 Å². The monoisotopic (exact) mass is 346 g/mol. The van der Waals surface area contributed by atoms with Crippen LogP contribution in [0, 0.1) is 17.2 Å². The second-order valence-electron chi connectivity index (χ2n) is 4.75. The van der Waals surface area contributed by atoms with E-state index in [4.69, 9.17) is 23.2 Å². The fraction of sp³-hybridized carbons (Fsp3) is 0.118. The molecule has 4 nitrogen and oxygen atoms in total. The summed E-state index contributed by atoms with van der Waals surface area (Å²) in [5.74, 6) is -2.77. The van der Waals surface area contributed by atoms with Gasteiger partial charge in [0.2, 0.25) is 5.91 Å². The average Bonchev–Trinajstić information content (AvgIpc) is 2.54. The molecule has 0 aliphatic rings. The first-order valence-electron chi connectivity index (χ1n) is 6.73. The van der Waals surface area contributed by atoms with Crippen molar-refractivity contribution < 1.29 is 9.59 Å². The van der Waals surface area contributed by atoms with Gasteiger partial charge in [-0.2, -0.15) is 5.26 Å². The number of carbonyl (C=O) groups is 2. The molecule has 1 unspecified atom stereocenters. The van der Waals surface area contributed by atoms with E-state index in [0.29, 0.717) is 5.02 Å². The summed E-state index contributed by atoms with van der Waals surface area (Å²) in [7, 11) is 0. The maximum absolute atomic E-state index is 12.3. The molecule has 0 heterocycles. The van der Waals surface area contributed by atoms with Crippen LogP contribution < -0.4 is 5.32 Å². The van der Waals surface area contributed by atoms with Crippen LogP contribution in [-0.2, 0) is 11.3 Å². The first kappa shape index (κ1) is 17.0. The third kappa shape index (κ3) is 4.32. The van der Waals surface area contributed by atoms with E-state index in [2.05, 4.69) is 5.32 Å². The molecule has 0 radical (unpaired) electrons. The number of rotatable bonds is 5. The normalized spacial score (nSPS) is 11.3. The Hall–Kier alpha value is -2.35. The number of halogens is 2. The summed E-state index contributed by atoms with van der Waals surface area (Å²) in [6.45, 7) is 0.236. The summed E-state index contributed by atoms with van der Waals surface area (Å²) < 4.78 is 0. The van der Waals surface area contributed by atoms with Crippen molar-refractivity contribution in [1.82, 2.24) is 5.32 Å². The second kappa shape index (κ2) is 7.77. The highest BCUT2D eigenvalue weighted by Gasteiger charge is 2.28. The number of Topliss-reactive ketones (excluding diaryl/α,β-unsaturated/α-hetero) is 1. The van der Waals surface area contributed by atoms with E-state index in [1.165, 1.54) is 18.2 Å². The largest absolute Gasteiger partial charge is 0.350 e. The highest BCUT2D eigenvalue weighted by Crippen LogP contribution is 2.23. The Kier molecular flexibility index (Phi) is 5.75. The fourth-order valence-electron chi connectivity index (χ4n) is 1.97. The van der Waals surface area contributed by atoms with Crippen LogP contribution in [0.25, 0.3) is 0 Å². The van der Waals surface area contributed by atoms with Crippen molar-refractivity contribution in [3.05, 3.63) is 69.7 Å². The maximum atomic E-state index is 12.3. The number of benzene rings is 2. The first-order chi connectivity index (χ1) is 11.0. The minimum Gasteiger partial charge on any atom is -0.350 e. The fourth-order valence-corrected chi connectivity index (χ4v) is 2.47. The molecule has 0 aromatic heterocycles. The zero-order chi connectivity index (χ0) is 16.8. The molecule has 0 bridgehead atoms. The van der Waals surface area contributed by atoms with Gasteiger partial charge >= 0.3 is 0 Å². The van der Waals surface area contributed by atoms with Crippen molar-refractivity contribution in [2.24, 2.45) is 5.92 Å². The highest BCUT2D eigenvalue weighted by atomic mass is 35.5. The lowest BCUT2D eigenvalue weighted by molar-refractivity contribution is -0.122. The molecular formula is C17H12Cl2N2O2. The van der Waals surface area contributed by atoms with Crippen LogP contribution >= 0.6 is 23.2 Å². The molecule has 0 aliphatic heterocycles. The molecule has 116 valence electrons. The van der Waals surface area contributed by atoms with Crippen molar-refractivity contribution in [3.63, 3.8) is 0 Å². The number of nitrogens with one attached hydrogen (secondary N) is 1. The third-order valence-corrected chi connectivity index (χ3v) is 3.71. The lowest BCUT2D eigenvalue weighted by Crippen LogP contribution is -2.34. The molecule has 0 saturated carbocycles. The summed E-state index contributed by atoms with van der Waals surface area (Å²) in [5, 5.41) is 12.2. The molecule has 1 atom stereocenters. The quantitative estimate of drug-likeness (QED) is 0.663. The van der Waals surface area contributed by atoms with Gasteiger partial charge in [-0.05, 0) is 23.8 Å². The topological polar surface area (TPSA) is 70.0 Å². The zero-order valence-corrected chi connectivity index (χ0v) is 13.4. The summed E-state index contributed by atoms with van der Waals surface area (Å²) in [6.07, 6.45) is 0. The van der Waals surface area contributed by atoms with Crippen LogP contribution in [0.15, 0.2) is 48.5 Å². The summed E-state index contributed by atoms with van der Waals surface area (Å²) in [6, 6.07) is 15.2. The predicted molar refractivity (Wildman–Crippen MR) is 88.2 cm³/mol. The van der Waals surface area contributed by atoms with E-state index in [9.17, 15) is 14.9 Å². The summed E-state index contributed by atoms with van der Waals surface area (Å²) >= 11 is 11.7. The number of carbonyl (C=O) groups excluding carboxylic acids is 2. The van der Waals surface area contributed by atoms with Gasteiger partial charge in [0.1, 0.15) is 0 Å². The van der Waals surface area contributed by atoms with Crippen LogP contribution in [0.4, 0.5) is 0 Å². The van der Waals surface area contributed by atoms with Crippen molar-refractivity contribution in [1.29, 1.82) is 5.26 Å². The maximum Gasteiger partial charge on any atom is 0.245 e. The lowest BCUT2D eigenvalue weighted by atomic mass is 9.98. The van der Waals surface area contributed by atoms with Gasteiger partial charge in [0.25, 0.3) is 0 Å². The van der Waals surface area contributed by atoms with Gasteiger partial charge in [-0.25, -0.2) is 0 Å². The smallest absolute Gasteiger partial charge is 0.245 e. The second-order valence-corrected chi connectivity index (χ2v) is 5.60.